The molecule has 1 heterocycles. The summed E-state index contributed by atoms with van der Waals surface area (Å²) in [4.78, 5) is 14.4. The number of nitrogens with one attached hydrogen (secondary N) is 1. The van der Waals surface area contributed by atoms with Crippen LogP contribution in [0.1, 0.15) is 26.7 Å². The number of nitro benzene ring substituents is 1. The third-order valence-corrected chi connectivity index (χ3v) is 3.61. The van der Waals surface area contributed by atoms with Crippen LogP contribution >= 0.6 is 0 Å². The van der Waals surface area contributed by atoms with Crippen molar-refractivity contribution in [2.75, 3.05) is 11.9 Å². The summed E-state index contributed by atoms with van der Waals surface area (Å²) < 4.78 is 5.51. The smallest absolute Gasteiger partial charge is 0.296 e. The predicted octanol–water partition coefficient (Wildman–Crippen LogP) is 2.70. The zero-order valence-electron chi connectivity index (χ0n) is 11.4. The maximum atomic E-state index is 10.7. The summed E-state index contributed by atoms with van der Waals surface area (Å²) in [6.07, 6.45) is 1.41. The number of non-ortho nitro benzene ring substituents is 1. The Labute approximate surface area is 115 Å². The van der Waals surface area contributed by atoms with Crippen molar-refractivity contribution in [1.82, 2.24) is 4.98 Å². The van der Waals surface area contributed by atoms with Gasteiger partial charge in [0.15, 0.2) is 5.58 Å². The van der Waals surface area contributed by atoms with Gasteiger partial charge in [-0.3, -0.25) is 10.1 Å². The molecule has 0 amide bonds. The zero-order chi connectivity index (χ0) is 14.8. The first-order valence-corrected chi connectivity index (χ1v) is 6.47. The summed E-state index contributed by atoms with van der Waals surface area (Å²) in [5, 5.41) is 23.3. The molecule has 20 heavy (non-hydrogen) atoms. The fourth-order valence-corrected chi connectivity index (χ4v) is 2.00. The van der Waals surface area contributed by atoms with Crippen LogP contribution in [0, 0.1) is 10.1 Å². The highest BCUT2D eigenvalue weighted by molar-refractivity contribution is 5.77. The van der Waals surface area contributed by atoms with Crippen molar-refractivity contribution in [2.45, 2.75) is 32.2 Å². The molecule has 7 nitrogen and oxygen atoms in total. The summed E-state index contributed by atoms with van der Waals surface area (Å²) in [7, 11) is 0. The van der Waals surface area contributed by atoms with Gasteiger partial charge in [0.05, 0.1) is 17.1 Å². The molecule has 108 valence electrons. The number of hydrogen-bond donors (Lipinski definition) is 2. The van der Waals surface area contributed by atoms with Crippen molar-refractivity contribution in [2.24, 2.45) is 0 Å². The second-order valence-corrected chi connectivity index (χ2v) is 4.70. The quantitative estimate of drug-likeness (QED) is 0.622. The highest BCUT2D eigenvalue weighted by Gasteiger charge is 2.27. The lowest BCUT2D eigenvalue weighted by Crippen LogP contribution is -2.40. The van der Waals surface area contributed by atoms with Crippen molar-refractivity contribution in [3.63, 3.8) is 0 Å². The maximum absolute atomic E-state index is 10.7. The van der Waals surface area contributed by atoms with E-state index < -0.39 is 10.5 Å². The van der Waals surface area contributed by atoms with Gasteiger partial charge in [-0.05, 0) is 18.9 Å². The van der Waals surface area contributed by atoms with Gasteiger partial charge < -0.3 is 14.8 Å². The Kier molecular flexibility index (Phi) is 3.89. The number of nitro groups is 1. The third kappa shape index (κ3) is 2.57. The lowest BCUT2D eigenvalue weighted by Gasteiger charge is -2.29. The van der Waals surface area contributed by atoms with E-state index in [4.69, 9.17) is 4.42 Å². The maximum Gasteiger partial charge on any atom is 0.296 e. The number of hydrogen-bond acceptors (Lipinski definition) is 6. The Morgan fingerprint density at radius 1 is 1.45 bits per heavy atom. The monoisotopic (exact) mass is 279 g/mol. The molecule has 0 saturated carbocycles. The van der Waals surface area contributed by atoms with Gasteiger partial charge in [-0.15, -0.1) is 0 Å². The zero-order valence-corrected chi connectivity index (χ0v) is 11.4. The van der Waals surface area contributed by atoms with Crippen LogP contribution in [0.4, 0.5) is 11.7 Å². The highest BCUT2D eigenvalue weighted by Crippen LogP contribution is 2.27. The molecule has 2 rings (SSSR count). The van der Waals surface area contributed by atoms with Crippen molar-refractivity contribution in [1.29, 1.82) is 0 Å². The number of anilines is 1. The van der Waals surface area contributed by atoms with Crippen LogP contribution < -0.4 is 5.32 Å². The molecule has 0 unspecified atom stereocenters. The molecule has 0 fully saturated rings. The average molecular weight is 279 g/mol. The molecule has 1 aromatic heterocycles. The Morgan fingerprint density at radius 3 is 2.70 bits per heavy atom. The van der Waals surface area contributed by atoms with Crippen molar-refractivity contribution in [3.05, 3.63) is 28.3 Å². The van der Waals surface area contributed by atoms with Crippen LogP contribution in [-0.4, -0.2) is 27.2 Å². The van der Waals surface area contributed by atoms with E-state index in [1.54, 1.807) is 0 Å². The van der Waals surface area contributed by atoms with Crippen LogP contribution in [0.5, 0.6) is 0 Å². The molecule has 1 aromatic carbocycles. The SMILES string of the molecule is CCC(CC)(CO)Nc1nc2cc([N+](=O)[O-])ccc2o1. The minimum absolute atomic E-state index is 0.0308. The van der Waals surface area contributed by atoms with E-state index in [0.29, 0.717) is 23.9 Å². The Morgan fingerprint density at radius 2 is 2.15 bits per heavy atom. The van der Waals surface area contributed by atoms with Gasteiger partial charge in [0, 0.05) is 12.1 Å². The van der Waals surface area contributed by atoms with Gasteiger partial charge in [-0.2, -0.15) is 4.98 Å². The molecule has 0 spiro atoms. The lowest BCUT2D eigenvalue weighted by molar-refractivity contribution is -0.384. The molecule has 0 aliphatic carbocycles. The molecular weight excluding hydrogens is 262 g/mol. The van der Waals surface area contributed by atoms with Crippen LogP contribution in [-0.2, 0) is 0 Å². The molecule has 0 bridgehead atoms. The van der Waals surface area contributed by atoms with Crippen LogP contribution in [0.2, 0.25) is 0 Å². The number of rotatable bonds is 6. The third-order valence-electron chi connectivity index (χ3n) is 3.61. The summed E-state index contributed by atoms with van der Waals surface area (Å²) in [6.45, 7) is 3.87. The van der Waals surface area contributed by atoms with Gasteiger partial charge in [0.2, 0.25) is 0 Å². The predicted molar refractivity (Wildman–Crippen MR) is 74.7 cm³/mol. The fourth-order valence-electron chi connectivity index (χ4n) is 2.00. The fraction of sp³-hybridized carbons (Fsp3) is 0.462. The first-order chi connectivity index (χ1) is 9.53. The molecular formula is C13H17N3O4. The standard InChI is InChI=1S/C13H17N3O4/c1-3-13(4-2,8-17)15-12-14-10-7-9(16(18)19)5-6-11(10)20-12/h5-7,17H,3-4,8H2,1-2H3,(H,14,15). The van der Waals surface area contributed by atoms with E-state index in [1.165, 1.54) is 18.2 Å². The minimum Gasteiger partial charge on any atom is -0.424 e. The Bertz CT molecular complexity index is 611. The highest BCUT2D eigenvalue weighted by atomic mass is 16.6. The van der Waals surface area contributed by atoms with E-state index in [1.807, 2.05) is 13.8 Å². The van der Waals surface area contributed by atoms with E-state index in [-0.39, 0.29) is 18.3 Å². The molecule has 7 heteroatoms. The average Bonchev–Trinajstić information content (AvgIpc) is 2.85. The topological polar surface area (TPSA) is 101 Å². The molecule has 0 aliphatic heterocycles. The van der Waals surface area contributed by atoms with Crippen molar-refractivity contribution >= 4 is 22.8 Å². The number of benzene rings is 1. The Balaban J connectivity index is 2.34. The summed E-state index contributed by atoms with van der Waals surface area (Å²) in [5.41, 5.74) is 0.363. The van der Waals surface area contributed by atoms with E-state index in [9.17, 15) is 15.2 Å². The number of aliphatic hydroxyl groups is 1. The summed E-state index contributed by atoms with van der Waals surface area (Å²) in [6, 6.07) is 4.52. The lowest BCUT2D eigenvalue weighted by atomic mass is 9.94. The van der Waals surface area contributed by atoms with Crippen LogP contribution in [0.15, 0.2) is 22.6 Å². The van der Waals surface area contributed by atoms with Gasteiger partial charge in [0.1, 0.15) is 5.52 Å². The Hall–Kier alpha value is -2.15. The summed E-state index contributed by atoms with van der Waals surface area (Å²) in [5.74, 6) is 0. The second-order valence-electron chi connectivity index (χ2n) is 4.70. The number of aromatic nitrogens is 1. The van der Waals surface area contributed by atoms with E-state index in [2.05, 4.69) is 10.3 Å². The number of oxazole rings is 1. The number of nitrogens with zero attached hydrogens (tertiary/aromatic N) is 2. The van der Waals surface area contributed by atoms with Crippen molar-refractivity contribution in [3.8, 4) is 0 Å². The molecule has 0 radical (unpaired) electrons. The molecule has 0 saturated heterocycles. The van der Waals surface area contributed by atoms with Crippen LogP contribution in [0.25, 0.3) is 11.1 Å². The normalized spacial score (nSPS) is 11.8. The molecule has 0 aliphatic rings. The molecule has 0 atom stereocenters. The number of fused-ring (bicyclic) bond motifs is 1. The van der Waals surface area contributed by atoms with Gasteiger partial charge in [-0.25, -0.2) is 0 Å². The van der Waals surface area contributed by atoms with Gasteiger partial charge in [-0.1, -0.05) is 13.8 Å². The second kappa shape index (κ2) is 5.46. The molecule has 2 aromatic rings. The molecule has 2 N–H and O–H groups in total. The van der Waals surface area contributed by atoms with E-state index in [0.717, 1.165) is 0 Å². The first-order valence-electron chi connectivity index (χ1n) is 6.47. The van der Waals surface area contributed by atoms with Crippen LogP contribution in [0.3, 0.4) is 0 Å². The van der Waals surface area contributed by atoms with Crippen molar-refractivity contribution < 1.29 is 14.4 Å². The number of aliphatic hydroxyl groups excluding tert-OH is 1. The van der Waals surface area contributed by atoms with Gasteiger partial charge >= 0.3 is 0 Å². The van der Waals surface area contributed by atoms with E-state index >= 15 is 0 Å². The minimum atomic E-state index is -0.493. The largest absolute Gasteiger partial charge is 0.424 e. The van der Waals surface area contributed by atoms with Gasteiger partial charge in [0.25, 0.3) is 11.7 Å². The first kappa shape index (κ1) is 14.3. The summed E-state index contributed by atoms with van der Waals surface area (Å²) >= 11 is 0.